The molecule has 0 spiro atoms. The van der Waals surface area contributed by atoms with Crippen molar-refractivity contribution in [2.45, 2.75) is 31.4 Å². The molecular formula is C19H18N2O2. The standard InChI is InChI=1S/C19H18N2O2/c20-12-15-7-4-8-16(9-15)17-10-18(11-17)21-19(22)23-13-14-5-2-1-3-6-14/h1-9,17-18H,10-11,13H2,(H,21,22). The molecule has 0 bridgehead atoms. The monoisotopic (exact) mass is 306 g/mol. The molecule has 1 aliphatic carbocycles. The van der Waals surface area contributed by atoms with Crippen molar-refractivity contribution in [1.82, 2.24) is 5.32 Å². The highest BCUT2D eigenvalue weighted by Crippen LogP contribution is 2.37. The fourth-order valence-electron chi connectivity index (χ4n) is 2.80. The van der Waals surface area contributed by atoms with Gasteiger partial charge in [-0.1, -0.05) is 42.5 Å². The minimum Gasteiger partial charge on any atom is -0.445 e. The number of amides is 1. The van der Waals surface area contributed by atoms with Gasteiger partial charge in [-0.15, -0.1) is 0 Å². The summed E-state index contributed by atoms with van der Waals surface area (Å²) in [5.74, 6) is 0.405. The van der Waals surface area contributed by atoms with E-state index in [2.05, 4.69) is 11.4 Å². The lowest BCUT2D eigenvalue weighted by Gasteiger charge is -2.35. The van der Waals surface area contributed by atoms with Crippen LogP contribution in [0.4, 0.5) is 4.79 Å². The van der Waals surface area contributed by atoms with Crippen LogP contribution in [-0.2, 0) is 11.3 Å². The highest BCUT2D eigenvalue weighted by Gasteiger charge is 2.31. The lowest BCUT2D eigenvalue weighted by molar-refractivity contribution is 0.127. The van der Waals surface area contributed by atoms with Gasteiger partial charge in [0.05, 0.1) is 11.6 Å². The van der Waals surface area contributed by atoms with Crippen molar-refractivity contribution in [2.24, 2.45) is 0 Å². The summed E-state index contributed by atoms with van der Waals surface area (Å²) in [7, 11) is 0. The summed E-state index contributed by atoms with van der Waals surface area (Å²) in [4.78, 5) is 11.8. The summed E-state index contributed by atoms with van der Waals surface area (Å²) in [6, 6.07) is 19.6. The quantitative estimate of drug-likeness (QED) is 0.936. The van der Waals surface area contributed by atoms with Crippen LogP contribution >= 0.6 is 0 Å². The van der Waals surface area contributed by atoms with Crippen LogP contribution in [0.2, 0.25) is 0 Å². The van der Waals surface area contributed by atoms with Gasteiger partial charge in [-0.2, -0.15) is 5.26 Å². The molecule has 0 saturated heterocycles. The molecule has 116 valence electrons. The average Bonchev–Trinajstić information content (AvgIpc) is 2.57. The van der Waals surface area contributed by atoms with Gasteiger partial charge >= 0.3 is 6.09 Å². The fraction of sp³-hybridized carbons (Fsp3) is 0.263. The Bertz CT molecular complexity index is 716. The van der Waals surface area contributed by atoms with Gasteiger partial charge < -0.3 is 10.1 Å². The van der Waals surface area contributed by atoms with E-state index in [0.717, 1.165) is 18.4 Å². The number of hydrogen-bond acceptors (Lipinski definition) is 3. The molecule has 0 atom stereocenters. The zero-order valence-electron chi connectivity index (χ0n) is 12.7. The van der Waals surface area contributed by atoms with Gasteiger partial charge in [-0.05, 0) is 42.0 Å². The second-order valence-electron chi connectivity index (χ2n) is 5.81. The van der Waals surface area contributed by atoms with E-state index in [1.165, 1.54) is 5.56 Å². The smallest absolute Gasteiger partial charge is 0.407 e. The van der Waals surface area contributed by atoms with Crippen LogP contribution in [0.3, 0.4) is 0 Å². The molecule has 1 fully saturated rings. The Labute approximate surface area is 135 Å². The first-order valence-corrected chi connectivity index (χ1v) is 7.72. The zero-order valence-corrected chi connectivity index (χ0v) is 12.7. The molecule has 1 N–H and O–H groups in total. The van der Waals surface area contributed by atoms with E-state index in [0.29, 0.717) is 11.5 Å². The maximum atomic E-state index is 11.8. The van der Waals surface area contributed by atoms with Crippen LogP contribution in [0.5, 0.6) is 0 Å². The lowest BCUT2D eigenvalue weighted by Crippen LogP contribution is -2.43. The van der Waals surface area contributed by atoms with E-state index >= 15 is 0 Å². The largest absolute Gasteiger partial charge is 0.445 e. The van der Waals surface area contributed by atoms with E-state index in [4.69, 9.17) is 10.00 Å². The Balaban J connectivity index is 1.43. The number of nitrogens with zero attached hydrogens (tertiary/aromatic N) is 1. The van der Waals surface area contributed by atoms with Gasteiger partial charge in [0, 0.05) is 6.04 Å². The molecule has 2 aromatic carbocycles. The molecule has 1 amide bonds. The van der Waals surface area contributed by atoms with Crippen LogP contribution in [0.1, 0.15) is 35.4 Å². The molecule has 1 aliphatic rings. The number of carbonyl (C=O) groups is 1. The van der Waals surface area contributed by atoms with E-state index < -0.39 is 0 Å². The van der Waals surface area contributed by atoms with Gasteiger partial charge in [0.1, 0.15) is 6.61 Å². The van der Waals surface area contributed by atoms with Crippen molar-refractivity contribution >= 4 is 6.09 Å². The molecule has 0 aromatic heterocycles. The summed E-state index contributed by atoms with van der Waals surface area (Å²) < 4.78 is 5.22. The van der Waals surface area contributed by atoms with Crippen LogP contribution in [0.15, 0.2) is 54.6 Å². The molecular weight excluding hydrogens is 288 g/mol. The lowest BCUT2D eigenvalue weighted by atomic mass is 9.75. The predicted octanol–water partition coefficient (Wildman–Crippen LogP) is 3.73. The van der Waals surface area contributed by atoms with E-state index in [-0.39, 0.29) is 18.7 Å². The van der Waals surface area contributed by atoms with Crippen LogP contribution in [-0.4, -0.2) is 12.1 Å². The Hall–Kier alpha value is -2.80. The first kappa shape index (κ1) is 15.1. The SMILES string of the molecule is N#Cc1cccc(C2CC(NC(=O)OCc3ccccc3)C2)c1. The normalized spacial score (nSPS) is 19.3. The van der Waals surface area contributed by atoms with Gasteiger partial charge in [-0.3, -0.25) is 0 Å². The molecule has 2 aromatic rings. The minimum absolute atomic E-state index is 0.147. The van der Waals surface area contributed by atoms with E-state index in [1.807, 2.05) is 48.5 Å². The number of carbonyl (C=O) groups excluding carboxylic acids is 1. The van der Waals surface area contributed by atoms with Crippen molar-refractivity contribution in [2.75, 3.05) is 0 Å². The number of alkyl carbamates (subject to hydrolysis) is 1. The summed E-state index contributed by atoms with van der Waals surface area (Å²) in [6.07, 6.45) is 1.40. The molecule has 0 radical (unpaired) electrons. The zero-order chi connectivity index (χ0) is 16.1. The van der Waals surface area contributed by atoms with Gasteiger partial charge in [0.2, 0.25) is 0 Å². The third-order valence-corrected chi connectivity index (χ3v) is 4.16. The molecule has 0 unspecified atom stereocenters. The molecule has 23 heavy (non-hydrogen) atoms. The number of nitrogens with one attached hydrogen (secondary N) is 1. The van der Waals surface area contributed by atoms with Crippen molar-refractivity contribution in [3.05, 3.63) is 71.3 Å². The maximum absolute atomic E-state index is 11.8. The third-order valence-electron chi connectivity index (χ3n) is 4.16. The van der Waals surface area contributed by atoms with Crippen LogP contribution in [0, 0.1) is 11.3 Å². The van der Waals surface area contributed by atoms with Crippen molar-refractivity contribution in [3.8, 4) is 6.07 Å². The summed E-state index contributed by atoms with van der Waals surface area (Å²) >= 11 is 0. The van der Waals surface area contributed by atoms with Crippen molar-refractivity contribution in [3.63, 3.8) is 0 Å². The minimum atomic E-state index is -0.372. The number of ether oxygens (including phenoxy) is 1. The Kier molecular flexibility index (Phi) is 4.58. The van der Waals surface area contributed by atoms with Gasteiger partial charge in [0.15, 0.2) is 0 Å². The molecule has 0 heterocycles. The van der Waals surface area contributed by atoms with Crippen LogP contribution in [0.25, 0.3) is 0 Å². The highest BCUT2D eigenvalue weighted by atomic mass is 16.5. The number of nitriles is 1. The summed E-state index contributed by atoms with van der Waals surface area (Å²) in [5.41, 5.74) is 2.82. The Morgan fingerprint density at radius 2 is 1.96 bits per heavy atom. The highest BCUT2D eigenvalue weighted by molar-refractivity contribution is 5.67. The third kappa shape index (κ3) is 3.89. The van der Waals surface area contributed by atoms with Gasteiger partial charge in [0.25, 0.3) is 0 Å². The summed E-state index contributed by atoms with van der Waals surface area (Å²) in [5, 5.41) is 11.8. The topological polar surface area (TPSA) is 62.1 Å². The Morgan fingerprint density at radius 3 is 2.70 bits per heavy atom. The predicted molar refractivity (Wildman–Crippen MR) is 86.7 cm³/mol. The molecule has 3 rings (SSSR count). The number of hydrogen-bond donors (Lipinski definition) is 1. The van der Waals surface area contributed by atoms with Crippen molar-refractivity contribution < 1.29 is 9.53 Å². The Morgan fingerprint density at radius 1 is 1.17 bits per heavy atom. The van der Waals surface area contributed by atoms with Crippen molar-refractivity contribution in [1.29, 1.82) is 5.26 Å². The van der Waals surface area contributed by atoms with Gasteiger partial charge in [-0.25, -0.2) is 4.79 Å². The van der Waals surface area contributed by atoms with E-state index in [9.17, 15) is 4.79 Å². The van der Waals surface area contributed by atoms with E-state index in [1.54, 1.807) is 6.07 Å². The number of benzene rings is 2. The average molecular weight is 306 g/mol. The first-order valence-electron chi connectivity index (χ1n) is 7.72. The maximum Gasteiger partial charge on any atom is 0.407 e. The second-order valence-corrected chi connectivity index (χ2v) is 5.81. The van der Waals surface area contributed by atoms with Crippen LogP contribution < -0.4 is 5.32 Å². The summed E-state index contributed by atoms with van der Waals surface area (Å²) in [6.45, 7) is 0.285. The molecule has 1 saturated carbocycles. The first-order chi connectivity index (χ1) is 11.2. The molecule has 4 nitrogen and oxygen atoms in total. The number of rotatable bonds is 4. The fourth-order valence-corrected chi connectivity index (χ4v) is 2.80. The second kappa shape index (κ2) is 6.97. The molecule has 0 aliphatic heterocycles. The molecule has 4 heteroatoms.